The molecule has 0 spiro atoms. The van der Waals surface area contributed by atoms with E-state index >= 15 is 0 Å². The van der Waals surface area contributed by atoms with Crippen molar-refractivity contribution in [3.63, 3.8) is 0 Å². The van der Waals surface area contributed by atoms with Gasteiger partial charge in [-0.25, -0.2) is 0 Å². The molecule has 0 radical (unpaired) electrons. The molecule has 29 heavy (non-hydrogen) atoms. The van der Waals surface area contributed by atoms with Crippen LogP contribution in [0, 0.1) is 0 Å². The highest BCUT2D eigenvalue weighted by Crippen LogP contribution is 2.30. The number of aromatic hydroxyl groups is 1. The van der Waals surface area contributed by atoms with Crippen molar-refractivity contribution in [2.75, 3.05) is 6.61 Å². The summed E-state index contributed by atoms with van der Waals surface area (Å²) in [7, 11) is 0. The normalized spacial score (nSPS) is 14.3. The fraction of sp³-hybridized carbons (Fsp3) is 0.478. The third-order valence-corrected chi connectivity index (χ3v) is 5.89. The van der Waals surface area contributed by atoms with E-state index < -0.39 is 11.1 Å². The van der Waals surface area contributed by atoms with Gasteiger partial charge in [-0.05, 0) is 56.0 Å². The summed E-state index contributed by atoms with van der Waals surface area (Å²) in [5.41, 5.74) is -0.912. The highest BCUT2D eigenvalue weighted by atomic mass is 32.1. The summed E-state index contributed by atoms with van der Waals surface area (Å²) >= 11 is 1.43. The van der Waals surface area contributed by atoms with Crippen LogP contribution in [0.5, 0.6) is 5.75 Å². The molecule has 0 aliphatic heterocycles. The molecular formula is C23H31NO4S. The van der Waals surface area contributed by atoms with Crippen LogP contribution in [-0.2, 0) is 21.4 Å². The molecule has 0 fully saturated rings. The average Bonchev–Trinajstić information content (AvgIpc) is 3.12. The molecule has 2 rings (SSSR count). The molecule has 1 amide bonds. The van der Waals surface area contributed by atoms with Crippen LogP contribution in [0.3, 0.4) is 0 Å². The Bertz CT molecular complexity index is 843. The number of ether oxygens (including phenoxy) is 1. The van der Waals surface area contributed by atoms with Crippen molar-refractivity contribution < 1.29 is 19.4 Å². The average molecular weight is 418 g/mol. The van der Waals surface area contributed by atoms with E-state index in [0.717, 1.165) is 16.7 Å². The second-order valence-corrected chi connectivity index (χ2v) is 10.5. The van der Waals surface area contributed by atoms with E-state index in [4.69, 9.17) is 4.74 Å². The Labute approximate surface area is 177 Å². The molecule has 2 N–H and O–H groups in total. The first-order valence-electron chi connectivity index (χ1n) is 9.65. The summed E-state index contributed by atoms with van der Waals surface area (Å²) in [6.45, 7) is 12.0. The van der Waals surface area contributed by atoms with Gasteiger partial charge in [0.15, 0.2) is 0 Å². The number of phenols is 1. The van der Waals surface area contributed by atoms with Crippen molar-refractivity contribution in [3.05, 3.63) is 51.7 Å². The summed E-state index contributed by atoms with van der Waals surface area (Å²) in [4.78, 5) is 26.8. The maximum Gasteiger partial charge on any atom is 0.262 e. The van der Waals surface area contributed by atoms with Gasteiger partial charge in [0.05, 0.1) is 17.1 Å². The van der Waals surface area contributed by atoms with Gasteiger partial charge in [-0.15, -0.1) is 11.3 Å². The highest BCUT2D eigenvalue weighted by molar-refractivity contribution is 7.14. The standard InChI is InChI=1S/C23H31NO4S/c1-21(2,3)19-12-11-18(29-19)20(27)24-23(14-25,15-28-22(4,5)6)13-16-7-9-17(26)10-8-16/h7-12,14,26H,13,15H2,1-6H3,(H,24,27)/t23-/m0/s1. The fourth-order valence-corrected chi connectivity index (χ4v) is 3.67. The molecule has 1 atom stereocenters. The van der Waals surface area contributed by atoms with Crippen molar-refractivity contribution >= 4 is 23.5 Å². The van der Waals surface area contributed by atoms with Gasteiger partial charge in [-0.1, -0.05) is 32.9 Å². The van der Waals surface area contributed by atoms with Crippen LogP contribution in [0.15, 0.2) is 36.4 Å². The van der Waals surface area contributed by atoms with Crippen molar-refractivity contribution in [2.45, 2.75) is 64.5 Å². The lowest BCUT2D eigenvalue weighted by molar-refractivity contribution is -0.118. The number of phenolic OH excluding ortho intramolecular Hbond substituents is 1. The summed E-state index contributed by atoms with van der Waals surface area (Å²) in [5, 5.41) is 12.4. The minimum atomic E-state index is -1.22. The smallest absolute Gasteiger partial charge is 0.262 e. The first-order valence-corrected chi connectivity index (χ1v) is 10.5. The Morgan fingerprint density at radius 2 is 1.69 bits per heavy atom. The monoisotopic (exact) mass is 417 g/mol. The number of hydrogen-bond acceptors (Lipinski definition) is 5. The number of hydrogen-bond donors (Lipinski definition) is 2. The molecule has 6 heteroatoms. The third kappa shape index (κ3) is 6.68. The molecular weight excluding hydrogens is 386 g/mol. The number of benzene rings is 1. The molecule has 158 valence electrons. The molecule has 0 aliphatic carbocycles. The van der Waals surface area contributed by atoms with Crippen LogP contribution in [0.1, 0.15) is 61.7 Å². The number of amides is 1. The molecule has 0 saturated heterocycles. The fourth-order valence-electron chi connectivity index (χ4n) is 2.71. The molecule has 0 unspecified atom stereocenters. The summed E-state index contributed by atoms with van der Waals surface area (Å²) in [5.74, 6) is -0.150. The summed E-state index contributed by atoms with van der Waals surface area (Å²) in [6.07, 6.45) is 1.01. The van der Waals surface area contributed by atoms with Crippen molar-refractivity contribution in [3.8, 4) is 5.75 Å². The van der Waals surface area contributed by atoms with Gasteiger partial charge < -0.3 is 20.0 Å². The van der Waals surface area contributed by atoms with Crippen LogP contribution in [-0.4, -0.2) is 35.0 Å². The number of carbonyl (C=O) groups is 2. The molecule has 0 saturated carbocycles. The number of nitrogens with one attached hydrogen (secondary N) is 1. The Morgan fingerprint density at radius 1 is 1.07 bits per heavy atom. The van der Waals surface area contributed by atoms with Gasteiger partial charge in [-0.3, -0.25) is 4.79 Å². The maximum atomic E-state index is 13.0. The van der Waals surface area contributed by atoms with Crippen molar-refractivity contribution in [1.82, 2.24) is 5.32 Å². The lowest BCUT2D eigenvalue weighted by Gasteiger charge is -2.32. The van der Waals surface area contributed by atoms with Gasteiger partial charge in [0.2, 0.25) is 0 Å². The van der Waals surface area contributed by atoms with E-state index in [1.54, 1.807) is 30.3 Å². The van der Waals surface area contributed by atoms with Crippen LogP contribution in [0.2, 0.25) is 0 Å². The first-order chi connectivity index (χ1) is 13.3. The van der Waals surface area contributed by atoms with Crippen LogP contribution in [0.25, 0.3) is 0 Å². The predicted molar refractivity (Wildman–Crippen MR) is 117 cm³/mol. The maximum absolute atomic E-state index is 13.0. The molecule has 5 nitrogen and oxygen atoms in total. The molecule has 1 aromatic carbocycles. The number of rotatable bonds is 7. The topological polar surface area (TPSA) is 75.6 Å². The zero-order valence-corrected chi connectivity index (χ0v) is 18.9. The molecule has 2 aromatic rings. The van der Waals surface area contributed by atoms with E-state index in [9.17, 15) is 14.7 Å². The van der Waals surface area contributed by atoms with Gasteiger partial charge in [0.1, 0.15) is 17.6 Å². The van der Waals surface area contributed by atoms with Crippen LogP contribution >= 0.6 is 11.3 Å². The quantitative estimate of drug-likeness (QED) is 0.652. The lowest BCUT2D eigenvalue weighted by Crippen LogP contribution is -2.56. The van der Waals surface area contributed by atoms with E-state index in [1.807, 2.05) is 26.8 Å². The Morgan fingerprint density at radius 3 is 2.17 bits per heavy atom. The molecule has 1 heterocycles. The first kappa shape index (κ1) is 23.1. The SMILES string of the molecule is CC(C)(C)OC[C@@](C=O)(Cc1ccc(O)cc1)NC(=O)c1ccc(C(C)(C)C)s1. The number of carbonyl (C=O) groups excluding carboxylic acids is 2. The van der Waals surface area contributed by atoms with Gasteiger partial charge in [-0.2, -0.15) is 0 Å². The minimum Gasteiger partial charge on any atom is -0.508 e. The van der Waals surface area contributed by atoms with E-state index in [-0.39, 0.29) is 30.1 Å². The van der Waals surface area contributed by atoms with Crippen LogP contribution < -0.4 is 5.32 Å². The van der Waals surface area contributed by atoms with E-state index in [1.165, 1.54) is 11.3 Å². The zero-order valence-electron chi connectivity index (χ0n) is 18.0. The molecule has 1 aromatic heterocycles. The lowest BCUT2D eigenvalue weighted by atomic mass is 9.92. The largest absolute Gasteiger partial charge is 0.508 e. The van der Waals surface area contributed by atoms with Crippen LogP contribution in [0.4, 0.5) is 0 Å². The Kier molecular flexibility index (Phi) is 6.91. The van der Waals surface area contributed by atoms with Crippen molar-refractivity contribution in [1.29, 1.82) is 0 Å². The zero-order chi connectivity index (χ0) is 21.9. The second-order valence-electron chi connectivity index (χ2n) is 9.39. The third-order valence-electron chi connectivity index (χ3n) is 4.38. The predicted octanol–water partition coefficient (Wildman–Crippen LogP) is 4.48. The Hall–Kier alpha value is -2.18. The highest BCUT2D eigenvalue weighted by Gasteiger charge is 2.35. The Balaban J connectivity index is 2.29. The van der Waals surface area contributed by atoms with Crippen molar-refractivity contribution in [2.24, 2.45) is 0 Å². The van der Waals surface area contributed by atoms with Gasteiger partial charge in [0, 0.05) is 11.3 Å². The summed E-state index contributed by atoms with van der Waals surface area (Å²) < 4.78 is 5.89. The number of thiophene rings is 1. The molecule has 0 aliphatic rings. The second kappa shape index (κ2) is 8.67. The number of aldehydes is 1. The minimum absolute atomic E-state index is 0.0458. The molecule has 0 bridgehead atoms. The van der Waals surface area contributed by atoms with E-state index in [2.05, 4.69) is 26.1 Å². The van der Waals surface area contributed by atoms with E-state index in [0.29, 0.717) is 4.88 Å². The van der Waals surface area contributed by atoms with Gasteiger partial charge in [0.25, 0.3) is 5.91 Å². The van der Waals surface area contributed by atoms with Gasteiger partial charge >= 0.3 is 0 Å². The summed E-state index contributed by atoms with van der Waals surface area (Å²) in [6, 6.07) is 10.3.